The van der Waals surface area contributed by atoms with Gasteiger partial charge in [0.2, 0.25) is 5.95 Å². The van der Waals surface area contributed by atoms with Gasteiger partial charge in [-0.1, -0.05) is 5.92 Å². The lowest BCUT2D eigenvalue weighted by Crippen LogP contribution is -2.17. The van der Waals surface area contributed by atoms with E-state index in [1.165, 1.54) is 0 Å². The van der Waals surface area contributed by atoms with E-state index < -0.39 is 6.10 Å². The van der Waals surface area contributed by atoms with E-state index in [1.807, 2.05) is 18.2 Å². The van der Waals surface area contributed by atoms with Crippen LogP contribution in [0.2, 0.25) is 0 Å². The van der Waals surface area contributed by atoms with Crippen LogP contribution < -0.4 is 5.32 Å². The molecule has 0 saturated heterocycles. The summed E-state index contributed by atoms with van der Waals surface area (Å²) < 4.78 is 0. The molecular formula is C20H17N7O. The fourth-order valence-corrected chi connectivity index (χ4v) is 2.52. The van der Waals surface area contributed by atoms with E-state index in [0.29, 0.717) is 29.7 Å². The molecule has 4 rings (SSSR count). The molecule has 0 fully saturated rings. The molecule has 0 aliphatic heterocycles. The van der Waals surface area contributed by atoms with Gasteiger partial charge in [-0.05, 0) is 43.2 Å². The van der Waals surface area contributed by atoms with E-state index in [0.717, 1.165) is 16.5 Å². The maximum absolute atomic E-state index is 9.37. The standard InChI is InChI=1S/C20H17N7O/c1-13(28)11-23-20-22-9-7-18(26-20)19-21-8-6-16(25-19)4-2-14-3-5-17-15(10-14)12-24-27-17/h3,5-10,12-13,28H,11H2,1H3,(H,24,27)(H,22,23,26). The van der Waals surface area contributed by atoms with E-state index in [4.69, 9.17) is 0 Å². The number of nitrogens with zero attached hydrogens (tertiary/aromatic N) is 5. The first-order valence-electron chi connectivity index (χ1n) is 8.71. The molecule has 8 heteroatoms. The fourth-order valence-electron chi connectivity index (χ4n) is 2.52. The molecule has 1 atom stereocenters. The number of fused-ring (bicyclic) bond motifs is 1. The normalized spacial score (nSPS) is 11.6. The molecule has 0 aliphatic carbocycles. The van der Waals surface area contributed by atoms with Gasteiger partial charge in [0.15, 0.2) is 5.82 Å². The predicted molar refractivity (Wildman–Crippen MR) is 105 cm³/mol. The average Bonchev–Trinajstić information content (AvgIpc) is 3.19. The number of rotatable bonds is 4. The van der Waals surface area contributed by atoms with E-state index in [1.54, 1.807) is 37.6 Å². The lowest BCUT2D eigenvalue weighted by atomic mass is 10.1. The smallest absolute Gasteiger partial charge is 0.223 e. The third-order valence-corrected chi connectivity index (χ3v) is 3.87. The minimum absolute atomic E-state index is 0.358. The molecule has 0 spiro atoms. The Morgan fingerprint density at radius 1 is 1.11 bits per heavy atom. The number of aromatic nitrogens is 6. The van der Waals surface area contributed by atoms with Crippen LogP contribution in [0, 0.1) is 11.8 Å². The minimum atomic E-state index is -0.497. The molecule has 0 saturated carbocycles. The maximum atomic E-state index is 9.37. The van der Waals surface area contributed by atoms with Crippen molar-refractivity contribution in [2.75, 3.05) is 11.9 Å². The van der Waals surface area contributed by atoms with Crippen molar-refractivity contribution in [3.63, 3.8) is 0 Å². The topological polar surface area (TPSA) is 112 Å². The Morgan fingerprint density at radius 2 is 2.00 bits per heavy atom. The lowest BCUT2D eigenvalue weighted by molar-refractivity contribution is 0.208. The maximum Gasteiger partial charge on any atom is 0.223 e. The van der Waals surface area contributed by atoms with Gasteiger partial charge in [0.1, 0.15) is 11.4 Å². The number of aliphatic hydroxyl groups is 1. The van der Waals surface area contributed by atoms with Crippen molar-refractivity contribution in [1.29, 1.82) is 0 Å². The second-order valence-corrected chi connectivity index (χ2v) is 6.18. The monoisotopic (exact) mass is 371 g/mol. The molecule has 1 aromatic carbocycles. The predicted octanol–water partition coefficient (Wildman–Crippen LogP) is 2.00. The Kier molecular flexibility index (Phi) is 4.91. The number of aromatic amines is 1. The van der Waals surface area contributed by atoms with Gasteiger partial charge in [-0.2, -0.15) is 5.10 Å². The van der Waals surface area contributed by atoms with Crippen molar-refractivity contribution in [1.82, 2.24) is 30.1 Å². The third-order valence-electron chi connectivity index (χ3n) is 3.87. The van der Waals surface area contributed by atoms with Gasteiger partial charge in [0, 0.05) is 29.9 Å². The van der Waals surface area contributed by atoms with Crippen LogP contribution in [0.5, 0.6) is 0 Å². The first-order chi connectivity index (χ1) is 13.7. The summed E-state index contributed by atoms with van der Waals surface area (Å²) >= 11 is 0. The summed E-state index contributed by atoms with van der Waals surface area (Å²) in [4.78, 5) is 17.3. The van der Waals surface area contributed by atoms with Crippen molar-refractivity contribution in [3.8, 4) is 23.4 Å². The highest BCUT2D eigenvalue weighted by molar-refractivity contribution is 5.79. The second kappa shape index (κ2) is 7.82. The molecule has 0 radical (unpaired) electrons. The Labute approximate surface area is 161 Å². The summed E-state index contributed by atoms with van der Waals surface area (Å²) in [5.74, 6) is 7.04. The van der Waals surface area contributed by atoms with Gasteiger partial charge in [-0.25, -0.2) is 19.9 Å². The second-order valence-electron chi connectivity index (χ2n) is 6.18. The highest BCUT2D eigenvalue weighted by atomic mass is 16.3. The van der Waals surface area contributed by atoms with Crippen molar-refractivity contribution < 1.29 is 5.11 Å². The molecule has 0 aliphatic rings. The van der Waals surface area contributed by atoms with Gasteiger partial charge in [0.05, 0.1) is 17.8 Å². The third kappa shape index (κ3) is 4.11. The van der Waals surface area contributed by atoms with Crippen LogP contribution in [0.25, 0.3) is 22.4 Å². The number of anilines is 1. The Balaban J connectivity index is 1.57. The van der Waals surface area contributed by atoms with E-state index in [9.17, 15) is 5.11 Å². The Bertz CT molecular complexity index is 1170. The molecule has 138 valence electrons. The quantitative estimate of drug-likeness (QED) is 0.470. The van der Waals surface area contributed by atoms with Crippen LogP contribution in [0.15, 0.2) is 48.9 Å². The van der Waals surface area contributed by atoms with Gasteiger partial charge < -0.3 is 10.4 Å². The molecule has 1 unspecified atom stereocenters. The zero-order valence-corrected chi connectivity index (χ0v) is 15.1. The van der Waals surface area contributed by atoms with Crippen molar-refractivity contribution >= 4 is 16.9 Å². The summed E-state index contributed by atoms with van der Waals surface area (Å²) in [6.45, 7) is 2.04. The van der Waals surface area contributed by atoms with Gasteiger partial charge in [0.25, 0.3) is 0 Å². The molecule has 3 N–H and O–H groups in total. The Morgan fingerprint density at radius 3 is 2.89 bits per heavy atom. The van der Waals surface area contributed by atoms with Gasteiger partial charge >= 0.3 is 0 Å². The summed E-state index contributed by atoms with van der Waals surface area (Å²) in [6.07, 6.45) is 4.54. The average molecular weight is 371 g/mol. The minimum Gasteiger partial charge on any atom is -0.392 e. The van der Waals surface area contributed by atoms with Crippen LogP contribution in [-0.2, 0) is 0 Å². The summed E-state index contributed by atoms with van der Waals surface area (Å²) in [6, 6.07) is 9.33. The summed E-state index contributed by atoms with van der Waals surface area (Å²) in [5, 5.41) is 20.3. The zero-order valence-electron chi connectivity index (χ0n) is 15.1. The number of benzene rings is 1. The van der Waals surface area contributed by atoms with E-state index >= 15 is 0 Å². The number of nitrogens with one attached hydrogen (secondary N) is 2. The van der Waals surface area contributed by atoms with Crippen LogP contribution >= 0.6 is 0 Å². The van der Waals surface area contributed by atoms with Crippen LogP contribution in [0.4, 0.5) is 5.95 Å². The molecule has 4 aromatic rings. The number of H-pyrrole nitrogens is 1. The number of hydrogen-bond donors (Lipinski definition) is 3. The van der Waals surface area contributed by atoms with Crippen LogP contribution in [0.3, 0.4) is 0 Å². The van der Waals surface area contributed by atoms with Gasteiger partial charge in [-0.15, -0.1) is 0 Å². The van der Waals surface area contributed by atoms with Gasteiger partial charge in [-0.3, -0.25) is 5.10 Å². The van der Waals surface area contributed by atoms with Crippen molar-refractivity contribution in [2.24, 2.45) is 0 Å². The zero-order chi connectivity index (χ0) is 19.3. The molecular weight excluding hydrogens is 354 g/mol. The highest BCUT2D eigenvalue weighted by Gasteiger charge is 2.06. The Hall–Kier alpha value is -3.83. The SMILES string of the molecule is CC(O)CNc1nccc(-c2nccc(C#Cc3ccc4[nH]ncc4c3)n2)n1. The van der Waals surface area contributed by atoms with Crippen LogP contribution in [-0.4, -0.2) is 47.9 Å². The summed E-state index contributed by atoms with van der Waals surface area (Å²) in [7, 11) is 0. The summed E-state index contributed by atoms with van der Waals surface area (Å²) in [5.41, 5.74) is 3.01. The first kappa shape index (κ1) is 17.6. The molecule has 8 nitrogen and oxygen atoms in total. The molecule has 0 bridgehead atoms. The lowest BCUT2D eigenvalue weighted by Gasteiger charge is -2.07. The molecule has 3 aromatic heterocycles. The first-order valence-corrected chi connectivity index (χ1v) is 8.71. The fraction of sp³-hybridized carbons (Fsp3) is 0.150. The molecule has 0 amide bonds. The number of hydrogen-bond acceptors (Lipinski definition) is 7. The highest BCUT2D eigenvalue weighted by Crippen LogP contribution is 2.14. The van der Waals surface area contributed by atoms with E-state index in [-0.39, 0.29) is 0 Å². The molecule has 28 heavy (non-hydrogen) atoms. The van der Waals surface area contributed by atoms with Crippen molar-refractivity contribution in [2.45, 2.75) is 13.0 Å². The van der Waals surface area contributed by atoms with Crippen LogP contribution in [0.1, 0.15) is 18.2 Å². The number of aliphatic hydroxyl groups excluding tert-OH is 1. The van der Waals surface area contributed by atoms with E-state index in [2.05, 4.69) is 47.3 Å². The molecule has 3 heterocycles. The largest absolute Gasteiger partial charge is 0.392 e. The van der Waals surface area contributed by atoms with Crippen molar-refractivity contribution in [3.05, 3.63) is 60.2 Å².